The summed E-state index contributed by atoms with van der Waals surface area (Å²) in [5.74, 6) is -0.654. The van der Waals surface area contributed by atoms with E-state index in [9.17, 15) is 15.0 Å². The van der Waals surface area contributed by atoms with E-state index < -0.39 is 0 Å². The molecule has 0 bridgehead atoms. The molecule has 0 unspecified atom stereocenters. The average molecular weight is 275 g/mol. The number of rotatable bonds is 4. The fourth-order valence-electron chi connectivity index (χ4n) is 2.03. The number of hydrogen-bond acceptors (Lipinski definition) is 4. The summed E-state index contributed by atoms with van der Waals surface area (Å²) < 4.78 is 1.71. The van der Waals surface area contributed by atoms with Gasteiger partial charge in [-0.05, 0) is 18.6 Å². The Kier molecular flexibility index (Phi) is 3.93. The first-order valence-electron chi connectivity index (χ1n) is 6.32. The second-order valence-corrected chi connectivity index (χ2v) is 4.55. The van der Waals surface area contributed by atoms with Crippen LogP contribution in [0.15, 0.2) is 24.4 Å². The number of phenols is 2. The number of nitrogens with zero attached hydrogens (tertiary/aromatic N) is 2. The normalized spacial score (nSPS) is 10.5. The highest BCUT2D eigenvalue weighted by molar-refractivity contribution is 5.95. The summed E-state index contributed by atoms with van der Waals surface area (Å²) in [4.78, 5) is 12.0. The van der Waals surface area contributed by atoms with Gasteiger partial charge in [-0.3, -0.25) is 9.48 Å². The molecule has 6 nitrogen and oxygen atoms in total. The zero-order valence-electron chi connectivity index (χ0n) is 11.4. The smallest absolute Gasteiger partial charge is 0.251 e. The van der Waals surface area contributed by atoms with Crippen LogP contribution in [0.5, 0.6) is 11.5 Å². The van der Waals surface area contributed by atoms with Gasteiger partial charge in [-0.25, -0.2) is 0 Å². The van der Waals surface area contributed by atoms with Gasteiger partial charge in [-0.15, -0.1) is 0 Å². The molecule has 6 heteroatoms. The van der Waals surface area contributed by atoms with Gasteiger partial charge in [0.25, 0.3) is 5.91 Å². The third kappa shape index (κ3) is 3.09. The number of aromatic hydroxyl groups is 2. The number of hydrogen-bond donors (Lipinski definition) is 3. The molecule has 3 N–H and O–H groups in total. The molecule has 2 aromatic rings. The van der Waals surface area contributed by atoms with Gasteiger partial charge in [0.15, 0.2) is 0 Å². The van der Waals surface area contributed by atoms with Crippen molar-refractivity contribution in [1.29, 1.82) is 0 Å². The lowest BCUT2D eigenvalue weighted by atomic mass is 10.1. The Morgan fingerprint density at radius 3 is 2.55 bits per heavy atom. The van der Waals surface area contributed by atoms with Crippen molar-refractivity contribution in [3.05, 3.63) is 41.2 Å². The van der Waals surface area contributed by atoms with E-state index in [0.717, 1.165) is 17.7 Å². The lowest BCUT2D eigenvalue weighted by molar-refractivity contribution is 0.0950. The first-order valence-corrected chi connectivity index (χ1v) is 6.32. The summed E-state index contributed by atoms with van der Waals surface area (Å²) in [7, 11) is 1.83. The topological polar surface area (TPSA) is 87.4 Å². The minimum atomic E-state index is -0.359. The second kappa shape index (κ2) is 5.64. The number of phenolic OH excluding ortho intramolecular Hbond substituents is 2. The Morgan fingerprint density at radius 2 is 1.95 bits per heavy atom. The first-order chi connectivity index (χ1) is 9.49. The number of aromatic nitrogens is 2. The summed E-state index contributed by atoms with van der Waals surface area (Å²) in [5, 5.41) is 25.8. The molecule has 0 atom stereocenters. The maximum atomic E-state index is 12.0. The molecular formula is C14H17N3O3. The van der Waals surface area contributed by atoms with Crippen molar-refractivity contribution in [2.75, 3.05) is 0 Å². The summed E-state index contributed by atoms with van der Waals surface area (Å²) >= 11 is 0. The zero-order valence-corrected chi connectivity index (χ0v) is 11.4. The van der Waals surface area contributed by atoms with Gasteiger partial charge in [0.05, 0.1) is 5.69 Å². The molecule has 1 aromatic heterocycles. The number of nitrogens with one attached hydrogen (secondary N) is 1. The van der Waals surface area contributed by atoms with E-state index in [1.54, 1.807) is 4.68 Å². The van der Waals surface area contributed by atoms with Crippen LogP contribution in [0.3, 0.4) is 0 Å². The van der Waals surface area contributed by atoms with E-state index in [-0.39, 0.29) is 23.0 Å². The van der Waals surface area contributed by atoms with E-state index in [4.69, 9.17) is 0 Å². The van der Waals surface area contributed by atoms with Crippen LogP contribution in [0.25, 0.3) is 0 Å². The predicted octanol–water partition coefficient (Wildman–Crippen LogP) is 1.32. The minimum Gasteiger partial charge on any atom is -0.508 e. The molecule has 2 rings (SSSR count). The number of carbonyl (C=O) groups is 1. The molecule has 1 heterocycles. The van der Waals surface area contributed by atoms with Crippen LogP contribution in [0.1, 0.15) is 28.5 Å². The van der Waals surface area contributed by atoms with Crippen LogP contribution in [-0.4, -0.2) is 25.9 Å². The number of aryl methyl sites for hydroxylation is 2. The highest BCUT2D eigenvalue weighted by atomic mass is 16.3. The third-order valence-electron chi connectivity index (χ3n) is 2.93. The molecule has 20 heavy (non-hydrogen) atoms. The minimum absolute atomic E-state index is 0.147. The largest absolute Gasteiger partial charge is 0.508 e. The van der Waals surface area contributed by atoms with Crippen molar-refractivity contribution in [3.63, 3.8) is 0 Å². The lowest BCUT2D eigenvalue weighted by Gasteiger charge is -2.06. The summed E-state index contributed by atoms with van der Waals surface area (Å²) in [5.41, 5.74) is 2.10. The van der Waals surface area contributed by atoms with Crippen LogP contribution in [0.4, 0.5) is 0 Å². The SMILES string of the molecule is CCc1nn(C)cc1CNC(=O)c1cc(O)cc(O)c1. The summed E-state index contributed by atoms with van der Waals surface area (Å²) in [6.45, 7) is 2.35. The molecule has 0 aliphatic heterocycles. The average Bonchev–Trinajstić information content (AvgIpc) is 2.75. The Balaban J connectivity index is 2.08. The molecule has 0 saturated heterocycles. The van der Waals surface area contributed by atoms with E-state index in [1.807, 2.05) is 20.2 Å². The molecule has 0 aliphatic rings. The second-order valence-electron chi connectivity index (χ2n) is 4.55. The van der Waals surface area contributed by atoms with Gasteiger partial charge in [-0.1, -0.05) is 6.92 Å². The molecule has 106 valence electrons. The molecule has 0 spiro atoms. The van der Waals surface area contributed by atoms with Crippen molar-refractivity contribution in [3.8, 4) is 11.5 Å². The van der Waals surface area contributed by atoms with Crippen molar-refractivity contribution in [2.24, 2.45) is 7.05 Å². The van der Waals surface area contributed by atoms with Crippen molar-refractivity contribution in [1.82, 2.24) is 15.1 Å². The maximum absolute atomic E-state index is 12.0. The van der Waals surface area contributed by atoms with Gasteiger partial charge in [0.1, 0.15) is 11.5 Å². The Hall–Kier alpha value is -2.50. The zero-order chi connectivity index (χ0) is 14.7. The van der Waals surface area contributed by atoms with Crippen molar-refractivity contribution < 1.29 is 15.0 Å². The number of benzene rings is 1. The summed E-state index contributed by atoms with van der Waals surface area (Å²) in [6, 6.07) is 3.78. The Morgan fingerprint density at radius 1 is 1.30 bits per heavy atom. The van der Waals surface area contributed by atoms with Crippen LogP contribution in [0.2, 0.25) is 0 Å². The van der Waals surface area contributed by atoms with E-state index in [0.29, 0.717) is 6.54 Å². The fourth-order valence-corrected chi connectivity index (χ4v) is 2.03. The fraction of sp³-hybridized carbons (Fsp3) is 0.286. The molecule has 1 amide bonds. The molecule has 0 radical (unpaired) electrons. The van der Waals surface area contributed by atoms with Crippen LogP contribution in [0, 0.1) is 0 Å². The number of amides is 1. The van der Waals surface area contributed by atoms with Gasteiger partial charge >= 0.3 is 0 Å². The van der Waals surface area contributed by atoms with E-state index in [1.165, 1.54) is 18.2 Å². The quantitative estimate of drug-likeness (QED) is 0.785. The lowest BCUT2D eigenvalue weighted by Crippen LogP contribution is -2.23. The van der Waals surface area contributed by atoms with Gasteiger partial charge in [0.2, 0.25) is 0 Å². The highest BCUT2D eigenvalue weighted by Gasteiger charge is 2.11. The van der Waals surface area contributed by atoms with Crippen molar-refractivity contribution >= 4 is 5.91 Å². The third-order valence-corrected chi connectivity index (χ3v) is 2.93. The van der Waals surface area contributed by atoms with Gasteiger partial charge in [0, 0.05) is 37.0 Å². The van der Waals surface area contributed by atoms with Crippen LogP contribution in [-0.2, 0) is 20.0 Å². The number of carbonyl (C=O) groups excluding carboxylic acids is 1. The maximum Gasteiger partial charge on any atom is 0.251 e. The first kappa shape index (κ1) is 13.9. The molecular weight excluding hydrogens is 258 g/mol. The van der Waals surface area contributed by atoms with E-state index in [2.05, 4.69) is 10.4 Å². The highest BCUT2D eigenvalue weighted by Crippen LogP contribution is 2.20. The van der Waals surface area contributed by atoms with Crippen LogP contribution < -0.4 is 5.32 Å². The van der Waals surface area contributed by atoms with E-state index >= 15 is 0 Å². The molecule has 0 fully saturated rings. The van der Waals surface area contributed by atoms with Crippen LogP contribution >= 0.6 is 0 Å². The molecule has 1 aromatic carbocycles. The summed E-state index contributed by atoms with van der Waals surface area (Å²) in [6.07, 6.45) is 2.65. The molecule has 0 saturated carbocycles. The Bertz CT molecular complexity index is 614. The Labute approximate surface area is 116 Å². The monoisotopic (exact) mass is 275 g/mol. The van der Waals surface area contributed by atoms with Gasteiger partial charge < -0.3 is 15.5 Å². The standard InChI is InChI=1S/C14H17N3O3/c1-3-13-10(8-17(2)16-13)7-15-14(20)9-4-11(18)6-12(19)5-9/h4-6,8,18-19H,3,7H2,1-2H3,(H,15,20). The molecule has 0 aliphatic carbocycles. The van der Waals surface area contributed by atoms with Gasteiger partial charge in [-0.2, -0.15) is 5.10 Å². The van der Waals surface area contributed by atoms with Crippen molar-refractivity contribution in [2.45, 2.75) is 19.9 Å². The predicted molar refractivity (Wildman–Crippen MR) is 73.5 cm³/mol.